The molecule has 2 aromatic carbocycles. The van der Waals surface area contributed by atoms with Gasteiger partial charge < -0.3 is 10.6 Å². The summed E-state index contributed by atoms with van der Waals surface area (Å²) in [5.41, 5.74) is 3.12. The Labute approximate surface area is 184 Å². The minimum atomic E-state index is -0.0886. The first-order valence-corrected chi connectivity index (χ1v) is 11.9. The molecule has 1 aliphatic rings. The Balaban J connectivity index is 1.46. The van der Waals surface area contributed by atoms with Gasteiger partial charge >= 0.3 is 0 Å². The summed E-state index contributed by atoms with van der Waals surface area (Å²) in [5.74, 6) is 0.911. The van der Waals surface area contributed by atoms with Crippen molar-refractivity contribution < 1.29 is 9.59 Å². The normalized spacial score (nSPS) is 14.3. The Morgan fingerprint density at radius 1 is 0.967 bits per heavy atom. The predicted molar refractivity (Wildman–Crippen MR) is 124 cm³/mol. The minimum absolute atomic E-state index is 0.0420. The fourth-order valence-electron chi connectivity index (χ4n) is 3.92. The van der Waals surface area contributed by atoms with E-state index in [1.807, 2.05) is 36.4 Å². The van der Waals surface area contributed by atoms with Crippen LogP contribution < -0.4 is 10.6 Å². The van der Waals surface area contributed by atoms with Gasteiger partial charge in [-0.1, -0.05) is 55.7 Å². The second kappa shape index (κ2) is 11.8. The summed E-state index contributed by atoms with van der Waals surface area (Å²) in [6.07, 6.45) is 7.13. The first-order chi connectivity index (χ1) is 14.6. The summed E-state index contributed by atoms with van der Waals surface area (Å²) in [4.78, 5) is 25.8. The molecule has 0 heterocycles. The highest BCUT2D eigenvalue weighted by Gasteiger charge is 2.16. The van der Waals surface area contributed by atoms with E-state index in [0.717, 1.165) is 17.9 Å². The zero-order chi connectivity index (χ0) is 21.2. The number of hydrogen-bond donors (Lipinski definition) is 2. The SMILES string of the molecule is Cc1ccccc1CCNC(=O)c1ccccc1SCC(=O)NCC1CCCCC1. The van der Waals surface area contributed by atoms with Crippen molar-refractivity contribution in [1.29, 1.82) is 0 Å². The van der Waals surface area contributed by atoms with Crippen LogP contribution in [0, 0.1) is 12.8 Å². The number of hydrogen-bond acceptors (Lipinski definition) is 3. The molecule has 0 unspecified atom stereocenters. The molecule has 0 atom stereocenters. The molecule has 1 aliphatic carbocycles. The van der Waals surface area contributed by atoms with Gasteiger partial charge in [-0.15, -0.1) is 11.8 Å². The third-order valence-corrected chi connectivity index (χ3v) is 6.82. The van der Waals surface area contributed by atoms with E-state index in [-0.39, 0.29) is 11.8 Å². The van der Waals surface area contributed by atoms with Crippen LogP contribution in [0.2, 0.25) is 0 Å². The van der Waals surface area contributed by atoms with Gasteiger partial charge in [-0.05, 0) is 55.4 Å². The molecule has 2 N–H and O–H groups in total. The molecule has 30 heavy (non-hydrogen) atoms. The monoisotopic (exact) mass is 424 g/mol. The molecule has 0 spiro atoms. The summed E-state index contributed by atoms with van der Waals surface area (Å²) in [6, 6.07) is 15.7. The average Bonchev–Trinajstić information content (AvgIpc) is 2.78. The molecule has 4 nitrogen and oxygen atoms in total. The molecular formula is C25H32N2O2S. The Morgan fingerprint density at radius 2 is 1.70 bits per heavy atom. The molecule has 3 rings (SSSR count). The molecule has 2 aromatic rings. The van der Waals surface area contributed by atoms with Crippen LogP contribution in [0.4, 0.5) is 0 Å². The topological polar surface area (TPSA) is 58.2 Å². The van der Waals surface area contributed by atoms with Gasteiger partial charge in [-0.2, -0.15) is 0 Å². The van der Waals surface area contributed by atoms with Crippen LogP contribution in [0.3, 0.4) is 0 Å². The highest BCUT2D eigenvalue weighted by atomic mass is 32.2. The number of thioether (sulfide) groups is 1. The molecule has 5 heteroatoms. The van der Waals surface area contributed by atoms with Gasteiger partial charge in [0.2, 0.25) is 5.91 Å². The van der Waals surface area contributed by atoms with E-state index in [2.05, 4.69) is 29.7 Å². The van der Waals surface area contributed by atoms with Crippen molar-refractivity contribution in [3.63, 3.8) is 0 Å². The van der Waals surface area contributed by atoms with Crippen molar-refractivity contribution in [3.8, 4) is 0 Å². The third kappa shape index (κ3) is 6.91. The molecule has 0 aromatic heterocycles. The van der Waals surface area contributed by atoms with E-state index in [4.69, 9.17) is 0 Å². The number of benzene rings is 2. The van der Waals surface area contributed by atoms with Crippen molar-refractivity contribution in [2.75, 3.05) is 18.8 Å². The quantitative estimate of drug-likeness (QED) is 0.571. The van der Waals surface area contributed by atoms with Crippen LogP contribution >= 0.6 is 11.8 Å². The van der Waals surface area contributed by atoms with Crippen LogP contribution in [-0.4, -0.2) is 30.7 Å². The van der Waals surface area contributed by atoms with Crippen molar-refractivity contribution in [2.45, 2.75) is 50.3 Å². The number of carbonyl (C=O) groups excluding carboxylic acids is 2. The van der Waals surface area contributed by atoms with Crippen LogP contribution in [-0.2, 0) is 11.2 Å². The van der Waals surface area contributed by atoms with Gasteiger partial charge in [0.15, 0.2) is 0 Å². The van der Waals surface area contributed by atoms with E-state index in [0.29, 0.717) is 23.8 Å². The maximum Gasteiger partial charge on any atom is 0.252 e. The Kier molecular flexibility index (Phi) is 8.81. The van der Waals surface area contributed by atoms with Crippen molar-refractivity contribution in [2.24, 2.45) is 5.92 Å². The molecule has 0 saturated heterocycles. The van der Waals surface area contributed by atoms with Crippen molar-refractivity contribution in [3.05, 3.63) is 65.2 Å². The number of aryl methyl sites for hydroxylation is 1. The molecule has 0 aliphatic heterocycles. The zero-order valence-electron chi connectivity index (χ0n) is 17.8. The van der Waals surface area contributed by atoms with E-state index in [1.54, 1.807) is 0 Å². The molecule has 1 fully saturated rings. The van der Waals surface area contributed by atoms with Gasteiger partial charge in [-0.25, -0.2) is 0 Å². The first-order valence-electron chi connectivity index (χ1n) is 10.9. The van der Waals surface area contributed by atoms with Crippen molar-refractivity contribution >= 4 is 23.6 Å². The average molecular weight is 425 g/mol. The van der Waals surface area contributed by atoms with Gasteiger partial charge in [0.05, 0.1) is 11.3 Å². The fourth-order valence-corrected chi connectivity index (χ4v) is 4.80. The molecule has 0 bridgehead atoms. The standard InChI is InChI=1S/C25H32N2O2S/c1-19-9-5-6-12-21(19)15-16-26-25(29)22-13-7-8-14-23(22)30-18-24(28)27-17-20-10-3-2-4-11-20/h5-9,12-14,20H,2-4,10-11,15-18H2,1H3,(H,26,29)(H,27,28). The maximum absolute atomic E-state index is 12.7. The van der Waals surface area contributed by atoms with Gasteiger partial charge in [0, 0.05) is 18.0 Å². The second-order valence-corrected chi connectivity index (χ2v) is 9.04. The zero-order valence-corrected chi connectivity index (χ0v) is 18.6. The fraction of sp³-hybridized carbons (Fsp3) is 0.440. The Hall–Kier alpha value is -2.27. The van der Waals surface area contributed by atoms with E-state index in [1.165, 1.54) is 55.0 Å². The number of nitrogens with one attached hydrogen (secondary N) is 2. The van der Waals surface area contributed by atoms with Gasteiger partial charge in [0.25, 0.3) is 5.91 Å². The lowest BCUT2D eigenvalue weighted by Crippen LogP contribution is -2.31. The lowest BCUT2D eigenvalue weighted by Gasteiger charge is -2.21. The first kappa shape index (κ1) is 22.4. The number of carbonyl (C=O) groups is 2. The number of rotatable bonds is 9. The largest absolute Gasteiger partial charge is 0.355 e. The van der Waals surface area contributed by atoms with E-state index in [9.17, 15) is 9.59 Å². The molecule has 2 amide bonds. The lowest BCUT2D eigenvalue weighted by molar-refractivity contribution is -0.118. The summed E-state index contributed by atoms with van der Waals surface area (Å²) in [5, 5.41) is 6.09. The van der Waals surface area contributed by atoms with Gasteiger partial charge in [0.1, 0.15) is 0 Å². The second-order valence-electron chi connectivity index (χ2n) is 8.03. The predicted octanol–water partition coefficient (Wildman–Crippen LogP) is 4.76. The summed E-state index contributed by atoms with van der Waals surface area (Å²) in [7, 11) is 0. The third-order valence-electron chi connectivity index (χ3n) is 5.74. The minimum Gasteiger partial charge on any atom is -0.355 e. The van der Waals surface area contributed by atoms with Crippen LogP contribution in [0.5, 0.6) is 0 Å². The number of amides is 2. The molecule has 0 radical (unpaired) electrons. The highest BCUT2D eigenvalue weighted by molar-refractivity contribution is 8.00. The summed E-state index contributed by atoms with van der Waals surface area (Å²) in [6.45, 7) is 3.45. The molecular weight excluding hydrogens is 392 g/mol. The van der Waals surface area contributed by atoms with Crippen LogP contribution in [0.15, 0.2) is 53.4 Å². The van der Waals surface area contributed by atoms with Crippen molar-refractivity contribution in [1.82, 2.24) is 10.6 Å². The smallest absolute Gasteiger partial charge is 0.252 e. The molecule has 160 valence electrons. The van der Waals surface area contributed by atoms with E-state index < -0.39 is 0 Å². The maximum atomic E-state index is 12.7. The van der Waals surface area contributed by atoms with E-state index >= 15 is 0 Å². The van der Waals surface area contributed by atoms with Crippen LogP contribution in [0.25, 0.3) is 0 Å². The molecule has 1 saturated carbocycles. The Bertz CT molecular complexity index is 847. The Morgan fingerprint density at radius 3 is 2.50 bits per heavy atom. The highest BCUT2D eigenvalue weighted by Crippen LogP contribution is 2.24. The lowest BCUT2D eigenvalue weighted by atomic mass is 9.89. The van der Waals surface area contributed by atoms with Crippen LogP contribution in [0.1, 0.15) is 53.6 Å². The van der Waals surface area contributed by atoms with Gasteiger partial charge in [-0.3, -0.25) is 9.59 Å². The summed E-state index contributed by atoms with van der Waals surface area (Å²) < 4.78 is 0. The summed E-state index contributed by atoms with van der Waals surface area (Å²) >= 11 is 1.43.